The van der Waals surface area contributed by atoms with Crippen molar-refractivity contribution in [3.05, 3.63) is 6.92 Å². The summed E-state index contributed by atoms with van der Waals surface area (Å²) in [5.41, 5.74) is 0. The summed E-state index contributed by atoms with van der Waals surface area (Å²) in [5.74, 6) is 0. The number of halogens is 1. The van der Waals surface area contributed by atoms with Crippen molar-refractivity contribution < 1.29 is 36.6 Å². The fourth-order valence-corrected chi connectivity index (χ4v) is 0.510. The molecule has 0 unspecified atom stereocenters. The zero-order chi connectivity index (χ0) is 5.54. The topological polar surface area (TPSA) is 9.23 Å². The molecule has 0 aliphatic carbocycles. The number of hydrogen-bond acceptors (Lipinski definition) is 1. The molecule has 0 aromatic heterocycles. The van der Waals surface area contributed by atoms with Crippen molar-refractivity contribution in [3.8, 4) is 0 Å². The first-order valence-electron chi connectivity index (χ1n) is 2.78. The van der Waals surface area contributed by atoms with Crippen molar-refractivity contribution in [2.24, 2.45) is 0 Å². The van der Waals surface area contributed by atoms with E-state index in [1.54, 1.807) is 6.92 Å². The maximum atomic E-state index is 4.94. The first-order valence-corrected chi connectivity index (χ1v) is 2.78. The molecule has 1 saturated heterocycles. The van der Waals surface area contributed by atoms with Crippen LogP contribution >= 0.6 is 0 Å². The first kappa shape index (κ1) is 16.5. The van der Waals surface area contributed by atoms with Gasteiger partial charge in [-0.05, 0) is 12.8 Å². The third-order valence-electron chi connectivity index (χ3n) is 0.827. The van der Waals surface area contributed by atoms with Crippen molar-refractivity contribution in [3.63, 3.8) is 0 Å². The minimum Gasteiger partial charge on any atom is -1.00 e. The van der Waals surface area contributed by atoms with Crippen LogP contribution < -0.4 is 12.4 Å². The van der Waals surface area contributed by atoms with Gasteiger partial charge in [0.15, 0.2) is 0 Å². The summed E-state index contributed by atoms with van der Waals surface area (Å²) in [5, 5.41) is 0. The molecule has 0 aromatic carbocycles. The molecule has 1 heterocycles. The Morgan fingerprint density at radius 3 is 1.56 bits per heavy atom. The van der Waals surface area contributed by atoms with Crippen LogP contribution in [-0.4, -0.2) is 13.2 Å². The molecule has 52 valence electrons. The Bertz CT molecular complexity index is 24.6. The zero-order valence-corrected chi connectivity index (χ0v) is 9.75. The fourth-order valence-electron chi connectivity index (χ4n) is 0.510. The average molecular weight is 202 g/mol. The van der Waals surface area contributed by atoms with Crippen molar-refractivity contribution in [2.45, 2.75) is 19.8 Å². The van der Waals surface area contributed by atoms with E-state index in [0.717, 1.165) is 13.2 Å². The van der Waals surface area contributed by atoms with Gasteiger partial charge in [0, 0.05) is 13.2 Å². The van der Waals surface area contributed by atoms with Crippen molar-refractivity contribution in [1.29, 1.82) is 0 Å². The van der Waals surface area contributed by atoms with Gasteiger partial charge in [-0.3, -0.25) is 0 Å². The quantitative estimate of drug-likeness (QED) is 0.348. The van der Waals surface area contributed by atoms with Gasteiger partial charge in [-0.1, -0.05) is 0 Å². The van der Waals surface area contributed by atoms with Crippen molar-refractivity contribution in [2.75, 3.05) is 13.2 Å². The molecule has 0 spiro atoms. The van der Waals surface area contributed by atoms with Gasteiger partial charge >= 0.3 is 19.5 Å². The van der Waals surface area contributed by atoms with Crippen LogP contribution in [0.3, 0.4) is 0 Å². The Morgan fingerprint density at radius 2 is 1.44 bits per heavy atom. The summed E-state index contributed by atoms with van der Waals surface area (Å²) < 4.78 is 4.94. The second kappa shape index (κ2) is 15.9. The van der Waals surface area contributed by atoms with Crippen LogP contribution in [0.2, 0.25) is 0 Å². The molecule has 0 N–H and O–H groups in total. The van der Waals surface area contributed by atoms with E-state index in [2.05, 4.69) is 6.92 Å². The van der Waals surface area contributed by atoms with Gasteiger partial charge in [0.2, 0.25) is 0 Å². The van der Waals surface area contributed by atoms with Crippen molar-refractivity contribution in [1.82, 2.24) is 0 Å². The van der Waals surface area contributed by atoms with Gasteiger partial charge in [0.05, 0.1) is 0 Å². The Hall–Kier alpha value is 0.873. The molecule has 0 aromatic rings. The summed E-state index contributed by atoms with van der Waals surface area (Å²) >= 11 is 0. The summed E-state index contributed by atoms with van der Waals surface area (Å²) in [4.78, 5) is 0. The Balaban J connectivity index is -0.0000000836. The summed E-state index contributed by atoms with van der Waals surface area (Å²) in [6.45, 7) is 7.00. The maximum absolute atomic E-state index is 4.94. The molecule has 0 amide bonds. The van der Waals surface area contributed by atoms with E-state index < -0.39 is 0 Å². The first-order chi connectivity index (χ1) is 3.50. The minimum atomic E-state index is 0. The second-order valence-electron chi connectivity index (χ2n) is 1.32. The standard InChI is InChI=1S/C4H8O.C2H5.ClH.Zn/c1-2-4-5-3-1;1-2;;/h1-4H2;1H2,2H3;1H;/q;-1;;+2/p-1. The predicted molar refractivity (Wildman–Crippen MR) is 31.1 cm³/mol. The van der Waals surface area contributed by atoms with Gasteiger partial charge in [0.1, 0.15) is 0 Å². The van der Waals surface area contributed by atoms with Gasteiger partial charge < -0.3 is 24.1 Å². The summed E-state index contributed by atoms with van der Waals surface area (Å²) in [6.07, 6.45) is 2.56. The second-order valence-corrected chi connectivity index (χ2v) is 1.32. The van der Waals surface area contributed by atoms with Crippen LogP contribution in [0.25, 0.3) is 0 Å². The third-order valence-corrected chi connectivity index (χ3v) is 0.827. The largest absolute Gasteiger partial charge is 2.00 e. The Morgan fingerprint density at radius 1 is 1.11 bits per heavy atom. The van der Waals surface area contributed by atoms with E-state index >= 15 is 0 Å². The van der Waals surface area contributed by atoms with Crippen LogP contribution in [0.1, 0.15) is 19.8 Å². The molecule has 0 atom stereocenters. The van der Waals surface area contributed by atoms with E-state index in [4.69, 9.17) is 4.74 Å². The zero-order valence-electron chi connectivity index (χ0n) is 6.03. The van der Waals surface area contributed by atoms with E-state index in [-0.39, 0.29) is 31.9 Å². The molecule has 0 saturated carbocycles. The van der Waals surface area contributed by atoms with Crippen LogP contribution in [0.5, 0.6) is 0 Å². The molecule has 1 fully saturated rings. The van der Waals surface area contributed by atoms with E-state index in [1.165, 1.54) is 12.8 Å². The molecule has 0 radical (unpaired) electrons. The van der Waals surface area contributed by atoms with Crippen LogP contribution in [0.4, 0.5) is 0 Å². The van der Waals surface area contributed by atoms with E-state index in [0.29, 0.717) is 0 Å². The molecular formula is C6H13ClOZn. The molecule has 9 heavy (non-hydrogen) atoms. The third kappa shape index (κ3) is 12.2. The molecule has 0 bridgehead atoms. The van der Waals surface area contributed by atoms with E-state index in [9.17, 15) is 0 Å². The Kier molecular flexibility index (Phi) is 29.2. The fraction of sp³-hybridized carbons (Fsp3) is 0.833. The van der Waals surface area contributed by atoms with Crippen LogP contribution in [-0.2, 0) is 24.2 Å². The van der Waals surface area contributed by atoms with Gasteiger partial charge in [0.25, 0.3) is 0 Å². The predicted octanol–water partition coefficient (Wildman–Crippen LogP) is -1.36. The van der Waals surface area contributed by atoms with Crippen LogP contribution in [0, 0.1) is 6.92 Å². The van der Waals surface area contributed by atoms with Crippen molar-refractivity contribution >= 4 is 0 Å². The normalized spacial score (nSPS) is 14.0. The number of hydrogen-bond donors (Lipinski definition) is 0. The molecular weight excluding hydrogens is 189 g/mol. The maximum Gasteiger partial charge on any atom is 2.00 e. The summed E-state index contributed by atoms with van der Waals surface area (Å²) in [7, 11) is 0. The minimum absolute atomic E-state index is 0. The van der Waals surface area contributed by atoms with E-state index in [1.807, 2.05) is 0 Å². The smallest absolute Gasteiger partial charge is 1.00 e. The molecule has 1 nitrogen and oxygen atoms in total. The molecule has 1 aliphatic rings. The number of ether oxygens (including phenoxy) is 1. The van der Waals surface area contributed by atoms with Gasteiger partial charge in [-0.25, -0.2) is 0 Å². The molecule has 3 heteroatoms. The van der Waals surface area contributed by atoms with Gasteiger partial charge in [-0.2, -0.15) is 6.92 Å². The molecule has 1 rings (SSSR count). The Labute approximate surface area is 76.7 Å². The summed E-state index contributed by atoms with van der Waals surface area (Å²) in [6, 6.07) is 0. The number of rotatable bonds is 0. The van der Waals surface area contributed by atoms with Gasteiger partial charge in [-0.15, -0.1) is 0 Å². The SMILES string of the molecule is C1CCOC1.[CH2-]C.[Cl-].[Zn+2]. The monoisotopic (exact) mass is 200 g/mol. The average Bonchev–Trinajstić information content (AvgIpc) is 2.23. The molecule has 1 aliphatic heterocycles. The van der Waals surface area contributed by atoms with Crippen LogP contribution in [0.15, 0.2) is 0 Å².